The fourth-order valence-corrected chi connectivity index (χ4v) is 1.17. The Labute approximate surface area is 77.0 Å². The molecule has 0 spiro atoms. The van der Waals surface area contributed by atoms with E-state index in [2.05, 4.69) is 0 Å². The van der Waals surface area contributed by atoms with Gasteiger partial charge in [0.2, 0.25) is 0 Å². The van der Waals surface area contributed by atoms with Crippen LogP contribution in [0, 0.1) is 0 Å². The average molecular weight is 186 g/mol. The van der Waals surface area contributed by atoms with Crippen LogP contribution in [0.5, 0.6) is 5.75 Å². The molecule has 0 heterocycles. The van der Waals surface area contributed by atoms with Crippen molar-refractivity contribution in [3.63, 3.8) is 0 Å². The lowest BCUT2D eigenvalue weighted by molar-refractivity contribution is 0.474. The fraction of sp³-hybridized carbons (Fsp3) is 0.333. The molecule has 3 N–H and O–H groups in total. The minimum atomic E-state index is 0.102. The molecule has 0 saturated carbocycles. The molecule has 0 aliphatic heterocycles. The molecule has 0 fully saturated rings. The number of nitrogens with two attached hydrogens (primary N) is 1. The second-order valence-electron chi connectivity index (χ2n) is 2.97. The van der Waals surface area contributed by atoms with E-state index in [1.54, 1.807) is 12.1 Å². The number of aromatic hydroxyl groups is 1. The summed E-state index contributed by atoms with van der Waals surface area (Å²) in [4.78, 5) is 0. The summed E-state index contributed by atoms with van der Waals surface area (Å²) in [6.07, 6.45) is 0.755. The second kappa shape index (κ2) is 3.78. The van der Waals surface area contributed by atoms with Crippen LogP contribution in [0.15, 0.2) is 18.2 Å². The standard InChI is InChI=1S/C9H12ClNO/c1-6(11)4-7-2-3-8(10)9(12)5-7/h2-3,5-6,12H,4,11H2,1H3/t6-/m1/s1. The van der Waals surface area contributed by atoms with Crippen LogP contribution in [-0.2, 0) is 6.42 Å². The van der Waals surface area contributed by atoms with Crippen molar-refractivity contribution >= 4 is 11.6 Å². The average Bonchev–Trinajstić information content (AvgIpc) is 1.96. The Bertz CT molecular complexity index is 273. The summed E-state index contributed by atoms with van der Waals surface area (Å²) in [7, 11) is 0. The smallest absolute Gasteiger partial charge is 0.134 e. The summed E-state index contributed by atoms with van der Waals surface area (Å²) < 4.78 is 0. The molecule has 1 rings (SSSR count). The number of phenols is 1. The van der Waals surface area contributed by atoms with E-state index in [9.17, 15) is 5.11 Å². The van der Waals surface area contributed by atoms with Gasteiger partial charge in [0.1, 0.15) is 5.75 Å². The molecule has 0 unspecified atom stereocenters. The summed E-state index contributed by atoms with van der Waals surface area (Å²) in [5, 5.41) is 9.62. The highest BCUT2D eigenvalue weighted by Gasteiger charge is 2.01. The first-order chi connectivity index (χ1) is 5.59. The highest BCUT2D eigenvalue weighted by atomic mass is 35.5. The van der Waals surface area contributed by atoms with Crippen LogP contribution in [-0.4, -0.2) is 11.1 Å². The maximum Gasteiger partial charge on any atom is 0.134 e. The first kappa shape index (κ1) is 9.36. The molecule has 0 bridgehead atoms. The van der Waals surface area contributed by atoms with Gasteiger partial charge in [-0.2, -0.15) is 0 Å². The van der Waals surface area contributed by atoms with Gasteiger partial charge in [-0.1, -0.05) is 17.7 Å². The maximum absolute atomic E-state index is 9.24. The van der Waals surface area contributed by atoms with Crippen molar-refractivity contribution in [3.05, 3.63) is 28.8 Å². The summed E-state index contributed by atoms with van der Waals surface area (Å²) in [5.41, 5.74) is 6.60. The number of rotatable bonds is 2. The van der Waals surface area contributed by atoms with Crippen LogP contribution in [0.4, 0.5) is 0 Å². The normalized spacial score (nSPS) is 12.9. The van der Waals surface area contributed by atoms with Crippen molar-refractivity contribution in [2.24, 2.45) is 5.73 Å². The molecule has 66 valence electrons. The van der Waals surface area contributed by atoms with E-state index in [1.807, 2.05) is 13.0 Å². The van der Waals surface area contributed by atoms with Crippen LogP contribution in [0.3, 0.4) is 0 Å². The van der Waals surface area contributed by atoms with Crippen molar-refractivity contribution in [2.75, 3.05) is 0 Å². The lowest BCUT2D eigenvalue weighted by Crippen LogP contribution is -2.17. The van der Waals surface area contributed by atoms with Gasteiger partial charge in [-0.05, 0) is 31.0 Å². The number of benzene rings is 1. The zero-order valence-corrected chi connectivity index (χ0v) is 7.67. The summed E-state index contributed by atoms with van der Waals surface area (Å²) >= 11 is 5.64. The van der Waals surface area contributed by atoms with Gasteiger partial charge in [-0.3, -0.25) is 0 Å². The summed E-state index contributed by atoms with van der Waals surface area (Å²) in [6, 6.07) is 5.29. The van der Waals surface area contributed by atoms with Gasteiger partial charge in [0.25, 0.3) is 0 Å². The minimum Gasteiger partial charge on any atom is -0.506 e. The molecular formula is C9H12ClNO. The minimum absolute atomic E-state index is 0.102. The van der Waals surface area contributed by atoms with Crippen LogP contribution in [0.2, 0.25) is 5.02 Å². The van der Waals surface area contributed by atoms with Crippen molar-refractivity contribution in [3.8, 4) is 5.75 Å². The predicted molar refractivity (Wildman–Crippen MR) is 50.5 cm³/mol. The third kappa shape index (κ3) is 2.40. The van der Waals surface area contributed by atoms with Crippen LogP contribution in [0.25, 0.3) is 0 Å². The molecule has 2 nitrogen and oxygen atoms in total. The van der Waals surface area contributed by atoms with E-state index in [-0.39, 0.29) is 11.8 Å². The number of halogens is 1. The van der Waals surface area contributed by atoms with Crippen LogP contribution < -0.4 is 5.73 Å². The number of hydrogen-bond acceptors (Lipinski definition) is 2. The Balaban J connectivity index is 2.82. The molecule has 1 atom stereocenters. The lowest BCUT2D eigenvalue weighted by Gasteiger charge is -2.05. The van der Waals surface area contributed by atoms with Crippen molar-refractivity contribution in [1.82, 2.24) is 0 Å². The van der Waals surface area contributed by atoms with Gasteiger partial charge in [-0.25, -0.2) is 0 Å². The topological polar surface area (TPSA) is 46.2 Å². The van der Waals surface area contributed by atoms with Crippen molar-refractivity contribution in [2.45, 2.75) is 19.4 Å². The van der Waals surface area contributed by atoms with E-state index in [1.165, 1.54) is 0 Å². The Morgan fingerprint density at radius 1 is 1.58 bits per heavy atom. The molecule has 1 aromatic rings. The van der Waals surface area contributed by atoms with Gasteiger partial charge in [-0.15, -0.1) is 0 Å². The van der Waals surface area contributed by atoms with E-state index in [0.717, 1.165) is 12.0 Å². The number of phenolic OH excluding ortho intramolecular Hbond substituents is 1. The molecule has 0 aliphatic carbocycles. The first-order valence-corrected chi connectivity index (χ1v) is 4.20. The lowest BCUT2D eigenvalue weighted by atomic mass is 10.1. The third-order valence-corrected chi connectivity index (χ3v) is 1.89. The van der Waals surface area contributed by atoms with E-state index in [4.69, 9.17) is 17.3 Å². The molecular weight excluding hydrogens is 174 g/mol. The van der Waals surface area contributed by atoms with Crippen molar-refractivity contribution in [1.29, 1.82) is 0 Å². The molecule has 0 amide bonds. The zero-order chi connectivity index (χ0) is 9.14. The molecule has 12 heavy (non-hydrogen) atoms. The Morgan fingerprint density at radius 3 is 2.75 bits per heavy atom. The maximum atomic E-state index is 9.24. The Kier molecular flexibility index (Phi) is 2.95. The van der Waals surface area contributed by atoms with E-state index in [0.29, 0.717) is 5.02 Å². The van der Waals surface area contributed by atoms with E-state index >= 15 is 0 Å². The molecule has 3 heteroatoms. The summed E-state index contributed by atoms with van der Waals surface area (Å²) in [5.74, 6) is 0.120. The highest BCUT2D eigenvalue weighted by Crippen LogP contribution is 2.23. The molecule has 0 radical (unpaired) electrons. The van der Waals surface area contributed by atoms with Crippen molar-refractivity contribution < 1.29 is 5.11 Å². The molecule has 1 aromatic carbocycles. The Morgan fingerprint density at radius 2 is 2.25 bits per heavy atom. The molecule has 0 aliphatic rings. The second-order valence-corrected chi connectivity index (χ2v) is 3.37. The van der Waals surface area contributed by atoms with Gasteiger partial charge in [0.15, 0.2) is 0 Å². The van der Waals surface area contributed by atoms with Gasteiger partial charge < -0.3 is 10.8 Å². The Hall–Kier alpha value is -0.730. The van der Waals surface area contributed by atoms with Gasteiger partial charge in [0, 0.05) is 6.04 Å². The molecule has 0 saturated heterocycles. The largest absolute Gasteiger partial charge is 0.506 e. The molecule has 0 aromatic heterocycles. The third-order valence-electron chi connectivity index (χ3n) is 1.57. The van der Waals surface area contributed by atoms with E-state index < -0.39 is 0 Å². The van der Waals surface area contributed by atoms with Gasteiger partial charge >= 0.3 is 0 Å². The monoisotopic (exact) mass is 185 g/mol. The highest BCUT2D eigenvalue weighted by molar-refractivity contribution is 6.31. The fourth-order valence-electron chi connectivity index (χ4n) is 1.06. The predicted octanol–water partition coefficient (Wildman–Crippen LogP) is 1.94. The number of hydrogen-bond donors (Lipinski definition) is 2. The first-order valence-electron chi connectivity index (χ1n) is 3.82. The van der Waals surface area contributed by atoms with Crippen LogP contribution in [0.1, 0.15) is 12.5 Å². The van der Waals surface area contributed by atoms with Crippen LogP contribution >= 0.6 is 11.6 Å². The zero-order valence-electron chi connectivity index (χ0n) is 6.92. The SMILES string of the molecule is C[C@@H](N)Cc1ccc(Cl)c(O)c1. The summed E-state index contributed by atoms with van der Waals surface area (Å²) in [6.45, 7) is 1.92. The van der Waals surface area contributed by atoms with Gasteiger partial charge in [0.05, 0.1) is 5.02 Å². The quantitative estimate of drug-likeness (QED) is 0.740.